The first-order valence-electron chi connectivity index (χ1n) is 11.7. The molecule has 2 aliphatic heterocycles. The molecule has 1 fully saturated rings. The number of fused-ring (bicyclic) bond motifs is 3. The molecule has 3 aromatic rings. The highest BCUT2D eigenvalue weighted by atomic mass is 35.5. The normalized spacial score (nSPS) is 17.3. The Morgan fingerprint density at radius 3 is 2.66 bits per heavy atom. The van der Waals surface area contributed by atoms with Gasteiger partial charge in [0.15, 0.2) is 0 Å². The van der Waals surface area contributed by atoms with Crippen LogP contribution in [0.2, 0.25) is 5.02 Å². The Morgan fingerprint density at radius 2 is 1.97 bits per heavy atom. The fraction of sp³-hybridized carbons (Fsp3) is 0.308. The molecule has 5 rings (SSSR count). The van der Waals surface area contributed by atoms with E-state index in [4.69, 9.17) is 22.3 Å². The van der Waals surface area contributed by atoms with E-state index in [1.54, 1.807) is 34.2 Å². The van der Waals surface area contributed by atoms with Gasteiger partial charge in [-0.1, -0.05) is 11.6 Å². The van der Waals surface area contributed by atoms with E-state index in [-0.39, 0.29) is 30.3 Å². The summed E-state index contributed by atoms with van der Waals surface area (Å²) in [5, 5.41) is 3.77. The number of nitrogens with two attached hydrogens (primary N) is 1. The minimum absolute atomic E-state index is 0.0135. The second kappa shape index (κ2) is 9.28. The third-order valence-electron chi connectivity index (χ3n) is 6.37. The number of hydrogen-bond acceptors (Lipinski definition) is 6. The first kappa shape index (κ1) is 23.3. The van der Waals surface area contributed by atoms with Crippen molar-refractivity contribution in [2.75, 3.05) is 23.3 Å². The van der Waals surface area contributed by atoms with Crippen molar-refractivity contribution in [3.63, 3.8) is 0 Å². The van der Waals surface area contributed by atoms with Crippen LogP contribution in [0, 0.1) is 0 Å². The number of amides is 2. The van der Waals surface area contributed by atoms with Gasteiger partial charge >= 0.3 is 0 Å². The van der Waals surface area contributed by atoms with Crippen LogP contribution in [0.1, 0.15) is 36.2 Å². The summed E-state index contributed by atoms with van der Waals surface area (Å²) in [5.41, 5.74) is 10.3. The number of anilines is 3. The Kier molecular flexibility index (Phi) is 6.17. The molecular weight excluding hydrogens is 464 g/mol. The molecule has 35 heavy (non-hydrogen) atoms. The van der Waals surface area contributed by atoms with Crippen LogP contribution >= 0.6 is 11.6 Å². The first-order chi connectivity index (χ1) is 16.8. The molecule has 180 valence electrons. The largest absolute Gasteiger partial charge is 0.337 e. The lowest BCUT2D eigenvalue weighted by atomic mass is 10.0. The van der Waals surface area contributed by atoms with Crippen LogP contribution in [0.15, 0.2) is 48.7 Å². The Hall–Kier alpha value is -3.49. The van der Waals surface area contributed by atoms with Gasteiger partial charge in [0.2, 0.25) is 11.9 Å². The SMILES string of the molecule is CC(C)N1C(=O)Cc2cnc(Nc3ccc(C(=O)N4CCC(N)C4)cc3)nc2-c2ccc(Cl)cc21. The van der Waals surface area contributed by atoms with E-state index in [1.165, 1.54) is 0 Å². The Labute approximate surface area is 209 Å². The number of nitrogens with zero attached hydrogens (tertiary/aromatic N) is 4. The van der Waals surface area contributed by atoms with Crippen LogP contribution in [0.25, 0.3) is 11.3 Å². The number of nitrogens with one attached hydrogen (secondary N) is 1. The van der Waals surface area contributed by atoms with Gasteiger partial charge in [0.05, 0.1) is 17.8 Å². The van der Waals surface area contributed by atoms with E-state index in [1.807, 2.05) is 38.1 Å². The highest BCUT2D eigenvalue weighted by Crippen LogP contribution is 2.38. The van der Waals surface area contributed by atoms with Crippen molar-refractivity contribution in [1.82, 2.24) is 14.9 Å². The quantitative estimate of drug-likeness (QED) is 0.572. The summed E-state index contributed by atoms with van der Waals surface area (Å²) in [7, 11) is 0. The maximum atomic E-state index is 13.0. The van der Waals surface area contributed by atoms with Gasteiger partial charge in [-0.25, -0.2) is 9.97 Å². The molecule has 8 nitrogen and oxygen atoms in total. The van der Waals surface area contributed by atoms with Crippen LogP contribution in [0.3, 0.4) is 0 Å². The van der Waals surface area contributed by atoms with Crippen LogP contribution in [-0.4, -0.2) is 51.9 Å². The fourth-order valence-corrected chi connectivity index (χ4v) is 4.83. The van der Waals surface area contributed by atoms with Crippen LogP contribution in [0.4, 0.5) is 17.3 Å². The third-order valence-corrected chi connectivity index (χ3v) is 6.60. The smallest absolute Gasteiger partial charge is 0.253 e. The molecular formula is C26H27ClN6O2. The number of benzene rings is 2. The zero-order valence-corrected chi connectivity index (χ0v) is 20.4. The molecule has 1 unspecified atom stereocenters. The number of hydrogen-bond donors (Lipinski definition) is 2. The van der Waals surface area contributed by atoms with Crippen molar-refractivity contribution >= 4 is 40.7 Å². The van der Waals surface area contributed by atoms with E-state index in [9.17, 15) is 9.59 Å². The number of likely N-dealkylation sites (tertiary alicyclic amines) is 1. The van der Waals surface area contributed by atoms with E-state index in [2.05, 4.69) is 10.3 Å². The van der Waals surface area contributed by atoms with Gasteiger partial charge in [0, 0.05) is 58.8 Å². The molecule has 0 radical (unpaired) electrons. The molecule has 9 heteroatoms. The highest BCUT2D eigenvalue weighted by Gasteiger charge is 2.29. The molecule has 3 heterocycles. The number of halogens is 1. The second-order valence-corrected chi connectivity index (χ2v) is 9.70. The summed E-state index contributed by atoms with van der Waals surface area (Å²) in [4.78, 5) is 38.5. The molecule has 2 amide bonds. The van der Waals surface area contributed by atoms with Crippen molar-refractivity contribution in [3.8, 4) is 11.3 Å². The maximum absolute atomic E-state index is 13.0. The molecule has 0 spiro atoms. The van der Waals surface area contributed by atoms with Crippen molar-refractivity contribution in [2.24, 2.45) is 5.73 Å². The van der Waals surface area contributed by atoms with Gasteiger partial charge in [0.25, 0.3) is 5.91 Å². The molecule has 0 saturated carbocycles. The predicted molar refractivity (Wildman–Crippen MR) is 137 cm³/mol. The minimum Gasteiger partial charge on any atom is -0.337 e. The monoisotopic (exact) mass is 490 g/mol. The fourth-order valence-electron chi connectivity index (χ4n) is 4.66. The summed E-state index contributed by atoms with van der Waals surface area (Å²) in [6, 6.07) is 12.8. The van der Waals surface area contributed by atoms with Gasteiger partial charge in [-0.3, -0.25) is 9.59 Å². The average molecular weight is 491 g/mol. The van der Waals surface area contributed by atoms with E-state index < -0.39 is 0 Å². The molecule has 0 bridgehead atoms. The minimum atomic E-state index is -0.0305. The Morgan fingerprint density at radius 1 is 1.20 bits per heavy atom. The summed E-state index contributed by atoms with van der Waals surface area (Å²) in [6.07, 6.45) is 2.73. The van der Waals surface area contributed by atoms with Crippen LogP contribution in [-0.2, 0) is 11.2 Å². The lowest BCUT2D eigenvalue weighted by Gasteiger charge is -2.27. The molecule has 1 aromatic heterocycles. The third kappa shape index (κ3) is 4.59. The summed E-state index contributed by atoms with van der Waals surface area (Å²) < 4.78 is 0. The Balaban J connectivity index is 1.42. The summed E-state index contributed by atoms with van der Waals surface area (Å²) in [5.74, 6) is 0.367. The van der Waals surface area contributed by atoms with Crippen molar-refractivity contribution < 1.29 is 9.59 Å². The lowest BCUT2D eigenvalue weighted by molar-refractivity contribution is -0.118. The zero-order valence-electron chi connectivity index (χ0n) is 19.7. The molecule has 2 aliphatic rings. The van der Waals surface area contributed by atoms with Crippen LogP contribution in [0.5, 0.6) is 0 Å². The van der Waals surface area contributed by atoms with Gasteiger partial charge in [0.1, 0.15) is 0 Å². The topological polar surface area (TPSA) is 104 Å². The van der Waals surface area contributed by atoms with Crippen molar-refractivity contribution in [1.29, 1.82) is 0 Å². The summed E-state index contributed by atoms with van der Waals surface area (Å²) >= 11 is 6.28. The van der Waals surface area contributed by atoms with Gasteiger partial charge in [-0.05, 0) is 62.7 Å². The predicted octanol–water partition coefficient (Wildman–Crippen LogP) is 4.01. The Bertz CT molecular complexity index is 1290. The zero-order chi connectivity index (χ0) is 24.7. The number of carbonyl (C=O) groups is 2. The van der Waals surface area contributed by atoms with E-state index >= 15 is 0 Å². The number of carbonyl (C=O) groups excluding carboxylic acids is 2. The second-order valence-electron chi connectivity index (χ2n) is 9.27. The van der Waals surface area contributed by atoms with Crippen molar-refractivity contribution in [3.05, 3.63) is 64.8 Å². The van der Waals surface area contributed by atoms with Crippen molar-refractivity contribution in [2.45, 2.75) is 38.8 Å². The van der Waals surface area contributed by atoms with Crippen LogP contribution < -0.4 is 16.0 Å². The highest BCUT2D eigenvalue weighted by molar-refractivity contribution is 6.31. The maximum Gasteiger partial charge on any atom is 0.253 e. The first-order valence-corrected chi connectivity index (χ1v) is 12.1. The van der Waals surface area contributed by atoms with E-state index in [0.717, 1.165) is 28.9 Å². The molecule has 0 aliphatic carbocycles. The average Bonchev–Trinajstić information content (AvgIpc) is 3.21. The number of aromatic nitrogens is 2. The van der Waals surface area contributed by atoms with Gasteiger partial charge in [-0.15, -0.1) is 0 Å². The lowest BCUT2D eigenvalue weighted by Crippen LogP contribution is -2.37. The molecule has 1 atom stereocenters. The molecule has 2 aromatic carbocycles. The van der Waals surface area contributed by atoms with E-state index in [0.29, 0.717) is 35.3 Å². The molecule has 1 saturated heterocycles. The standard InChI is InChI=1S/C26H27ClN6O2/c1-15(2)33-22-12-18(27)5-8-21(22)24-17(11-23(33)34)13-29-26(31-24)30-20-6-3-16(4-7-20)25(35)32-10-9-19(28)14-32/h3-8,12-13,15,19H,9-11,14,28H2,1-2H3,(H,29,30,31). The molecule has 3 N–H and O–H groups in total. The van der Waals surface area contributed by atoms with Gasteiger partial charge in [-0.2, -0.15) is 0 Å². The number of rotatable bonds is 4. The van der Waals surface area contributed by atoms with Gasteiger partial charge < -0.3 is 20.9 Å². The summed E-state index contributed by atoms with van der Waals surface area (Å²) in [6.45, 7) is 5.23.